The van der Waals surface area contributed by atoms with Gasteiger partial charge >= 0.3 is 0 Å². The van der Waals surface area contributed by atoms with Gasteiger partial charge in [0.05, 0.1) is 12.9 Å². The number of H-pyrrole nitrogens is 1. The van der Waals surface area contributed by atoms with Crippen LogP contribution >= 0.6 is 0 Å². The van der Waals surface area contributed by atoms with E-state index in [1.807, 2.05) is 0 Å². The highest BCUT2D eigenvalue weighted by Gasteiger charge is 2.28. The summed E-state index contributed by atoms with van der Waals surface area (Å²) in [6.07, 6.45) is 7.33. The van der Waals surface area contributed by atoms with E-state index in [0.717, 1.165) is 4.57 Å². The van der Waals surface area contributed by atoms with Crippen molar-refractivity contribution in [2.75, 3.05) is 5.73 Å². The van der Waals surface area contributed by atoms with Gasteiger partial charge in [-0.15, -0.1) is 0 Å². The number of allylic oxidation sites excluding steroid dienone is 2. The maximum atomic E-state index is 14.4. The zero-order valence-electron chi connectivity index (χ0n) is 9.80. The first-order valence-electron chi connectivity index (χ1n) is 5.59. The maximum absolute atomic E-state index is 14.4. The number of hydrogen-bond acceptors (Lipinski definition) is 5. The third-order valence-electron chi connectivity index (χ3n) is 2.85. The van der Waals surface area contributed by atoms with Crippen molar-refractivity contribution in [1.82, 2.24) is 24.8 Å². The molecule has 7 nitrogen and oxygen atoms in total. The molecular weight excluding hydrogens is 251 g/mol. The highest BCUT2D eigenvalue weighted by molar-refractivity contribution is 5.69. The molecule has 3 rings (SSSR count). The minimum Gasteiger partial charge on any atom is -0.369 e. The van der Waals surface area contributed by atoms with Gasteiger partial charge in [-0.05, 0) is 18.4 Å². The molecule has 1 aliphatic rings. The number of nitrogens with zero attached hydrogens (tertiary/aromatic N) is 3. The van der Waals surface area contributed by atoms with Crippen LogP contribution in [-0.4, -0.2) is 25.3 Å². The number of rotatable bonds is 2. The molecule has 0 aromatic carbocycles. The number of nitrogen functional groups attached to an aromatic ring is 1. The van der Waals surface area contributed by atoms with Crippen LogP contribution in [0, 0.1) is 0 Å². The smallest absolute Gasteiger partial charge is 0.281 e. The molecule has 0 aliphatic carbocycles. The van der Waals surface area contributed by atoms with E-state index in [9.17, 15) is 9.18 Å². The zero-order chi connectivity index (χ0) is 13.5. The lowest BCUT2D eigenvalue weighted by atomic mass is 10.2. The van der Waals surface area contributed by atoms with Crippen molar-refractivity contribution in [1.29, 1.82) is 0 Å². The normalized spacial score (nSPS) is 21.7. The maximum Gasteiger partial charge on any atom is 0.281 e. The molecule has 3 heterocycles. The van der Waals surface area contributed by atoms with Crippen LogP contribution in [0.25, 0.3) is 11.2 Å². The van der Waals surface area contributed by atoms with Crippen LogP contribution in [0.1, 0.15) is 0 Å². The molecule has 0 fully saturated rings. The first-order chi connectivity index (χ1) is 9.09. The molecule has 2 aromatic rings. The summed E-state index contributed by atoms with van der Waals surface area (Å²) in [6.45, 7) is -0.277. The molecule has 0 bridgehead atoms. The van der Waals surface area contributed by atoms with Crippen LogP contribution in [-0.2, 0) is 6.54 Å². The predicted molar refractivity (Wildman–Crippen MR) is 67.8 cm³/mol. The van der Waals surface area contributed by atoms with E-state index in [1.54, 1.807) is 12.2 Å². The van der Waals surface area contributed by atoms with E-state index in [2.05, 4.69) is 20.3 Å². The van der Waals surface area contributed by atoms with Gasteiger partial charge in [-0.25, -0.2) is 9.37 Å². The molecular formula is C11H11FN6O. The van der Waals surface area contributed by atoms with E-state index in [-0.39, 0.29) is 23.7 Å². The molecule has 0 saturated carbocycles. The van der Waals surface area contributed by atoms with E-state index in [4.69, 9.17) is 5.73 Å². The molecule has 98 valence electrons. The monoisotopic (exact) mass is 262 g/mol. The molecule has 0 amide bonds. The average Bonchev–Trinajstić information content (AvgIpc) is 2.83. The van der Waals surface area contributed by atoms with Crippen molar-refractivity contribution in [3.05, 3.63) is 41.1 Å². The summed E-state index contributed by atoms with van der Waals surface area (Å²) in [5, 5.41) is 2.54. The Morgan fingerprint density at radius 2 is 2.32 bits per heavy atom. The third kappa shape index (κ3) is 1.86. The summed E-state index contributed by atoms with van der Waals surface area (Å²) in [5.74, 6) is -1.95. The Labute approximate surface area is 106 Å². The van der Waals surface area contributed by atoms with Crippen molar-refractivity contribution < 1.29 is 4.39 Å². The molecule has 1 unspecified atom stereocenters. The van der Waals surface area contributed by atoms with Crippen LogP contribution in [0.2, 0.25) is 0 Å². The standard InChI is InChI=1S/C11H11FN6O/c12-11(3-1-2-4-16-11)5-18-9(19)7-8(15-6-14-7)17-10(18)13/h1-4,6,16H,5H2,(H2,13,17)(H,14,15). The summed E-state index contributed by atoms with van der Waals surface area (Å²) in [7, 11) is 0. The van der Waals surface area contributed by atoms with Gasteiger partial charge in [0.15, 0.2) is 11.2 Å². The minimum absolute atomic E-state index is 0.0774. The van der Waals surface area contributed by atoms with Crippen molar-refractivity contribution in [3.63, 3.8) is 0 Å². The van der Waals surface area contributed by atoms with E-state index in [1.165, 1.54) is 18.6 Å². The SMILES string of the molecule is Nc1nc2nc[nH]c2c(=O)n1CC1(F)C=CC=CN1. The molecule has 0 saturated heterocycles. The van der Waals surface area contributed by atoms with Crippen molar-refractivity contribution >= 4 is 17.1 Å². The lowest BCUT2D eigenvalue weighted by Gasteiger charge is -2.25. The number of dihydropyridines is 1. The molecule has 8 heteroatoms. The number of hydrogen-bond donors (Lipinski definition) is 3. The molecule has 1 aliphatic heterocycles. The Hall–Kier alpha value is -2.64. The van der Waals surface area contributed by atoms with Gasteiger partial charge in [0, 0.05) is 0 Å². The summed E-state index contributed by atoms with van der Waals surface area (Å²) < 4.78 is 15.5. The lowest BCUT2D eigenvalue weighted by Crippen LogP contribution is -2.44. The van der Waals surface area contributed by atoms with Crippen molar-refractivity contribution in [2.45, 2.75) is 12.3 Å². The number of aromatic amines is 1. The predicted octanol–water partition coefficient (Wildman–Crippen LogP) is 0.0407. The number of imidazole rings is 1. The van der Waals surface area contributed by atoms with Gasteiger partial charge in [0.1, 0.15) is 0 Å². The molecule has 2 aromatic heterocycles. The average molecular weight is 262 g/mol. The number of halogens is 1. The topological polar surface area (TPSA) is 102 Å². The highest BCUT2D eigenvalue weighted by Crippen LogP contribution is 2.16. The molecule has 19 heavy (non-hydrogen) atoms. The molecule has 4 N–H and O–H groups in total. The second-order valence-electron chi connectivity index (χ2n) is 4.19. The number of fused-ring (bicyclic) bond motifs is 1. The van der Waals surface area contributed by atoms with Gasteiger partial charge in [-0.1, -0.05) is 6.08 Å². The fourth-order valence-corrected chi connectivity index (χ4v) is 1.92. The van der Waals surface area contributed by atoms with Gasteiger partial charge in [0.25, 0.3) is 5.56 Å². The van der Waals surface area contributed by atoms with Gasteiger partial charge in [-0.3, -0.25) is 9.36 Å². The van der Waals surface area contributed by atoms with Crippen LogP contribution in [0.3, 0.4) is 0 Å². The summed E-state index contributed by atoms with van der Waals surface area (Å²) >= 11 is 0. The van der Waals surface area contributed by atoms with Crippen LogP contribution in [0.5, 0.6) is 0 Å². The van der Waals surface area contributed by atoms with Gasteiger partial charge < -0.3 is 16.0 Å². The number of alkyl halides is 1. The number of nitrogens with one attached hydrogen (secondary N) is 2. The Kier molecular flexibility index (Phi) is 2.37. The Morgan fingerprint density at radius 1 is 1.47 bits per heavy atom. The largest absolute Gasteiger partial charge is 0.369 e. The molecule has 0 spiro atoms. The Morgan fingerprint density at radius 3 is 3.05 bits per heavy atom. The summed E-state index contributed by atoms with van der Waals surface area (Å²) in [5.41, 5.74) is 5.65. The number of anilines is 1. The molecule has 1 atom stereocenters. The second-order valence-corrected chi connectivity index (χ2v) is 4.19. The van der Waals surface area contributed by atoms with E-state index >= 15 is 0 Å². The number of aromatic nitrogens is 4. The quantitative estimate of drug-likeness (QED) is 0.663. The van der Waals surface area contributed by atoms with Gasteiger partial charge in [-0.2, -0.15) is 4.98 Å². The fraction of sp³-hybridized carbons (Fsp3) is 0.182. The van der Waals surface area contributed by atoms with Crippen LogP contribution in [0.4, 0.5) is 10.3 Å². The summed E-state index contributed by atoms with van der Waals surface area (Å²) in [6, 6.07) is 0. The van der Waals surface area contributed by atoms with Crippen molar-refractivity contribution in [2.24, 2.45) is 0 Å². The summed E-state index contributed by atoms with van der Waals surface area (Å²) in [4.78, 5) is 22.6. The number of nitrogens with two attached hydrogens (primary N) is 1. The lowest BCUT2D eigenvalue weighted by molar-refractivity contribution is 0.167. The molecule has 0 radical (unpaired) electrons. The third-order valence-corrected chi connectivity index (χ3v) is 2.85. The Balaban J connectivity index is 2.08. The minimum atomic E-state index is -1.87. The van der Waals surface area contributed by atoms with Crippen molar-refractivity contribution in [3.8, 4) is 0 Å². The zero-order valence-corrected chi connectivity index (χ0v) is 9.80. The first-order valence-corrected chi connectivity index (χ1v) is 5.59. The van der Waals surface area contributed by atoms with Gasteiger partial charge in [0.2, 0.25) is 11.7 Å². The van der Waals surface area contributed by atoms with E-state index in [0.29, 0.717) is 0 Å². The second kappa shape index (κ2) is 3.94. The van der Waals surface area contributed by atoms with Crippen LogP contribution in [0.15, 0.2) is 35.5 Å². The fourth-order valence-electron chi connectivity index (χ4n) is 1.92. The Bertz CT molecular complexity index is 745. The van der Waals surface area contributed by atoms with Crippen LogP contribution < -0.4 is 16.6 Å². The first kappa shape index (κ1) is 11.5. The highest BCUT2D eigenvalue weighted by atomic mass is 19.1. The van der Waals surface area contributed by atoms with E-state index < -0.39 is 11.4 Å².